The number of allylic oxidation sites excluding steroid dienone is 1. The maximum Gasteiger partial charge on any atom is 0.433 e. The highest BCUT2D eigenvalue weighted by Gasteiger charge is 2.14. The lowest BCUT2D eigenvalue weighted by atomic mass is 10.1. The van der Waals surface area contributed by atoms with Crippen LogP contribution in [0.4, 0.5) is 11.6 Å². The van der Waals surface area contributed by atoms with Crippen molar-refractivity contribution in [1.82, 2.24) is 4.57 Å². The third kappa shape index (κ3) is 30.0. The minimum absolute atomic E-state index is 0.0347. The number of aryl methyl sites for hydroxylation is 2. The number of rotatable bonds is 18. The third-order valence-electron chi connectivity index (χ3n) is 12.7. The third-order valence-corrected chi connectivity index (χ3v) is 15.5. The molecule has 0 amide bonds. The van der Waals surface area contributed by atoms with Gasteiger partial charge < -0.3 is 54.2 Å². The number of halogens is 4. The minimum atomic E-state index is -0.563. The van der Waals surface area contributed by atoms with Gasteiger partial charge in [0.2, 0.25) is 0 Å². The molecule has 0 aliphatic carbocycles. The monoisotopic (exact) mass is 1570 g/mol. The van der Waals surface area contributed by atoms with E-state index in [2.05, 4.69) is 68.1 Å². The van der Waals surface area contributed by atoms with Crippen LogP contribution in [0.2, 0.25) is 4.34 Å². The zero-order chi connectivity index (χ0) is 75.6. The van der Waals surface area contributed by atoms with E-state index in [1.807, 2.05) is 52.0 Å². The van der Waals surface area contributed by atoms with Gasteiger partial charge in [0.1, 0.15) is 57.2 Å². The number of thiophene rings is 1. The van der Waals surface area contributed by atoms with E-state index < -0.39 is 21.3 Å². The highest BCUT2D eigenvalue weighted by atomic mass is 79.9. The Morgan fingerprint density at radius 1 is 0.564 bits per heavy atom. The van der Waals surface area contributed by atoms with Gasteiger partial charge in [-0.25, -0.2) is 0 Å². The number of nitrogens with zero attached hydrogens (tertiary/aromatic N) is 3. The van der Waals surface area contributed by atoms with Crippen molar-refractivity contribution in [2.45, 2.75) is 57.6 Å². The second-order valence-corrected chi connectivity index (χ2v) is 23.0. The van der Waals surface area contributed by atoms with Crippen LogP contribution in [-0.2, 0) is 23.0 Å². The van der Waals surface area contributed by atoms with Crippen molar-refractivity contribution in [3.63, 3.8) is 0 Å². The highest BCUT2D eigenvalue weighted by Crippen LogP contribution is 2.32. The fraction of sp³-hybridized carbons (Fsp3) is 0.151. The molecular weight excluding hydrogens is 1500 g/mol. The number of phenolic OH excluding ortho intramolecular Hbond substituents is 7. The molecule has 7 aromatic carbocycles. The van der Waals surface area contributed by atoms with Crippen LogP contribution in [-0.4, -0.2) is 101 Å². The number of carbonyl (C=O) groups is 6. The summed E-state index contributed by atoms with van der Waals surface area (Å²) in [5.41, 5.74) is 7.98. The molecule has 10 aromatic rings. The van der Waals surface area contributed by atoms with Crippen LogP contribution in [0, 0.1) is 41.0 Å². The second-order valence-electron chi connectivity index (χ2n) is 19.8. The predicted molar refractivity (Wildman–Crippen MR) is 395 cm³/mol. The van der Waals surface area contributed by atoms with E-state index in [0.29, 0.717) is 102 Å². The lowest BCUT2D eigenvalue weighted by Gasteiger charge is -2.10. The Hall–Kier alpha value is -10.9. The van der Waals surface area contributed by atoms with Crippen LogP contribution in [0.5, 0.6) is 51.7 Å². The van der Waals surface area contributed by atoms with E-state index in [-0.39, 0.29) is 51.4 Å². The summed E-state index contributed by atoms with van der Waals surface area (Å²) in [6.07, 6.45) is 6.03. The zero-order valence-corrected chi connectivity index (χ0v) is 60.4. The molecule has 0 aliphatic heterocycles. The summed E-state index contributed by atoms with van der Waals surface area (Å²) in [6.45, 7) is 14.3. The van der Waals surface area contributed by atoms with Crippen LogP contribution >= 0.6 is 66.4 Å². The number of nitro groups is 2. The van der Waals surface area contributed by atoms with E-state index >= 15 is 0 Å². The minimum Gasteiger partial charge on any atom is -0.508 e. The number of benzene rings is 7. The Morgan fingerprint density at radius 2 is 1.16 bits per heavy atom. The number of aldehydes is 6. The zero-order valence-electron chi connectivity index (χ0n) is 54.9. The molecule has 0 aliphatic rings. The molecular formula is C73H71Br2Cl2N3O20S. The Balaban J connectivity index is 0.000000389. The average molecular weight is 1570 g/mol. The van der Waals surface area contributed by atoms with Crippen molar-refractivity contribution in [1.29, 1.82) is 0 Å². The number of hydrogen-bond acceptors (Lipinski definition) is 21. The van der Waals surface area contributed by atoms with Crippen LogP contribution in [0.3, 0.4) is 0 Å². The van der Waals surface area contributed by atoms with Gasteiger partial charge in [0, 0.05) is 68.2 Å². The van der Waals surface area contributed by atoms with Gasteiger partial charge in [0.05, 0.1) is 62.0 Å². The Kier molecular flexibility index (Phi) is 40.2. The molecule has 3 heterocycles. The molecule has 0 bridgehead atoms. The number of alkyl halides is 3. The molecule has 101 heavy (non-hydrogen) atoms. The van der Waals surface area contributed by atoms with Gasteiger partial charge in [-0.2, -0.15) is 0 Å². The fourth-order valence-electron chi connectivity index (χ4n) is 7.96. The van der Waals surface area contributed by atoms with Gasteiger partial charge in [-0.05, 0) is 137 Å². The maximum atomic E-state index is 10.9. The maximum absolute atomic E-state index is 10.9. The molecule has 3 aromatic heterocycles. The summed E-state index contributed by atoms with van der Waals surface area (Å²) >= 11 is 19.0. The Labute approximate surface area is 611 Å². The standard InChI is InChI=1S/C14H15NO.C10H10O2.C9H10BrNO3.C9H10O3.C7H6O4.2C7H6O2.C5H4BrNO3.C5H4Cl2S/c1-10-5-4-6-14(7-10)15-11(2)8-13(9-16)12(15)3;1-2-4-8-5-3-6-9(7-11)10(8)12;1-2-14-9-4-3-8(11(12)13)5-7(9)6-10;1-2-12-8-5-3-4-7(6-10)9(8)11;8-3-5-6(10)1-4(9)2-7(5)11;8-5-6-2-1-3-7(9)4-6;8-5-6-3-1-2-4-7(6)9;6-3-4-1-2-5(10-4)7(8)9;6-3-4-1-2-5(7)8-4/h4-9H,1-3H3;2-3,5-7,12H,1,4H2;3-5H,2,6H2,1H3;3-6,11H,2H2,1H3;1-3,9-11H;2*1-5,9H;1-2H,3H2;1-2H,3H2. The number of non-ortho nitro benzene ring substituents is 1. The van der Waals surface area contributed by atoms with E-state index in [0.717, 1.165) is 61.4 Å². The van der Waals surface area contributed by atoms with Crippen molar-refractivity contribution < 1.29 is 88.3 Å². The first-order valence-corrected chi connectivity index (χ1v) is 33.5. The number of carbonyl (C=O) groups excluding carboxylic acids is 6. The molecule has 0 unspecified atom stereocenters. The van der Waals surface area contributed by atoms with Gasteiger partial charge in [-0.3, -0.25) is 49.0 Å². The summed E-state index contributed by atoms with van der Waals surface area (Å²) in [5, 5.41) is 84.6. The molecule has 532 valence electrons. The smallest absolute Gasteiger partial charge is 0.433 e. The lowest BCUT2D eigenvalue weighted by Crippen LogP contribution is -1.99. The number of para-hydroxylation sites is 3. The average Bonchev–Trinajstić information content (AvgIpc) is 1.68. The van der Waals surface area contributed by atoms with Crippen molar-refractivity contribution in [2.24, 2.45) is 0 Å². The van der Waals surface area contributed by atoms with Gasteiger partial charge in [-0.1, -0.05) is 104 Å². The molecule has 0 fully saturated rings. The van der Waals surface area contributed by atoms with Crippen molar-refractivity contribution >= 4 is 116 Å². The van der Waals surface area contributed by atoms with Crippen LogP contribution in [0.25, 0.3) is 5.69 Å². The van der Waals surface area contributed by atoms with Crippen molar-refractivity contribution in [2.75, 3.05) is 13.2 Å². The molecule has 23 nitrogen and oxygen atoms in total. The summed E-state index contributed by atoms with van der Waals surface area (Å²) in [5.74, 6) is 0.935. The van der Waals surface area contributed by atoms with Gasteiger partial charge in [-0.15, -0.1) is 29.5 Å². The number of hydrogen-bond donors (Lipinski definition) is 7. The quantitative estimate of drug-likeness (QED) is 0.0138. The van der Waals surface area contributed by atoms with E-state index in [1.165, 1.54) is 59.4 Å². The Morgan fingerprint density at radius 3 is 1.61 bits per heavy atom. The molecule has 0 saturated heterocycles. The number of furan rings is 1. The molecule has 0 radical (unpaired) electrons. The van der Waals surface area contributed by atoms with Crippen molar-refractivity contribution in [3.05, 3.63) is 279 Å². The second kappa shape index (κ2) is 47.2. The molecule has 0 atom stereocenters. The number of aromatic hydroxyl groups is 7. The first-order chi connectivity index (χ1) is 48.3. The van der Waals surface area contributed by atoms with E-state index in [9.17, 15) is 59.2 Å². The van der Waals surface area contributed by atoms with E-state index in [4.69, 9.17) is 62.6 Å². The lowest BCUT2D eigenvalue weighted by molar-refractivity contribution is -0.402. The number of ether oxygens (including phenoxy) is 2. The van der Waals surface area contributed by atoms with Crippen LogP contribution in [0.1, 0.15) is 115 Å². The van der Waals surface area contributed by atoms with Gasteiger partial charge in [0.25, 0.3) is 5.69 Å². The van der Waals surface area contributed by atoms with E-state index in [1.54, 1.807) is 78.9 Å². The summed E-state index contributed by atoms with van der Waals surface area (Å²) in [7, 11) is 0. The SMILES string of the molecule is C=CCc1cccc(C=O)c1O.CCOc1ccc([N+](=O)[O-])cc1CBr.CCOc1cccc(C=O)c1O.Cc1cccc(-n2c(C)cc(C=O)c2C)c1.ClCc1ccc(Cl)s1.O=Cc1c(O)cc(O)cc1O.O=Cc1cccc(O)c1.O=Cc1ccccc1O.O=[N+]([O-])c1ccc(CBr)o1. The largest absolute Gasteiger partial charge is 0.508 e. The number of phenols is 7. The normalized spacial score (nSPS) is 9.59. The summed E-state index contributed by atoms with van der Waals surface area (Å²) in [6, 6.07) is 45.9. The van der Waals surface area contributed by atoms with Crippen LogP contribution < -0.4 is 9.47 Å². The molecule has 10 rings (SSSR count). The fourth-order valence-corrected chi connectivity index (χ4v) is 9.89. The number of nitro benzene ring substituents is 1. The Bertz CT molecular complexity index is 4310. The van der Waals surface area contributed by atoms with Crippen molar-refractivity contribution in [3.8, 4) is 57.4 Å². The van der Waals surface area contributed by atoms with Crippen LogP contribution in [0.15, 0.2) is 187 Å². The highest BCUT2D eigenvalue weighted by molar-refractivity contribution is 9.08. The first kappa shape index (κ1) is 86.2. The predicted octanol–water partition coefficient (Wildman–Crippen LogP) is 17.9. The first-order valence-electron chi connectivity index (χ1n) is 29.5. The topological polar surface area (TPSA) is 367 Å². The van der Waals surface area contributed by atoms with Gasteiger partial charge in [0.15, 0.2) is 42.9 Å². The molecule has 28 heteroatoms. The molecule has 7 N–H and O–H groups in total. The number of aromatic nitrogens is 1. The molecule has 0 spiro atoms. The molecule has 0 saturated carbocycles. The summed E-state index contributed by atoms with van der Waals surface area (Å²) < 4.78 is 18.0. The summed E-state index contributed by atoms with van der Waals surface area (Å²) in [4.78, 5) is 82.6. The van der Waals surface area contributed by atoms with Gasteiger partial charge >= 0.3 is 5.88 Å².